The summed E-state index contributed by atoms with van der Waals surface area (Å²) in [5, 5.41) is 8.25. The van der Waals surface area contributed by atoms with Crippen LogP contribution in [0.5, 0.6) is 5.75 Å². The molecule has 1 unspecified atom stereocenters. The number of hydrogen-bond donors (Lipinski definition) is 1. The highest BCUT2D eigenvalue weighted by Crippen LogP contribution is 2.22. The summed E-state index contributed by atoms with van der Waals surface area (Å²) in [6.45, 7) is 17.9. The van der Waals surface area contributed by atoms with Crippen molar-refractivity contribution in [2.45, 2.75) is 75.7 Å². The highest BCUT2D eigenvalue weighted by Gasteiger charge is 2.15. The van der Waals surface area contributed by atoms with Crippen molar-refractivity contribution in [3.8, 4) is 16.9 Å². The molecule has 6 heteroatoms. The van der Waals surface area contributed by atoms with Gasteiger partial charge in [0, 0.05) is 12.0 Å². The van der Waals surface area contributed by atoms with Gasteiger partial charge in [0.05, 0.1) is 12.5 Å². The van der Waals surface area contributed by atoms with Gasteiger partial charge in [-0.3, -0.25) is 14.4 Å². The Morgan fingerprint density at radius 3 is 1.42 bits per heavy atom. The van der Waals surface area contributed by atoms with E-state index < -0.39 is 18.3 Å². The highest BCUT2D eigenvalue weighted by molar-refractivity contribution is 6.01. The van der Waals surface area contributed by atoms with E-state index in [1.165, 1.54) is 13.8 Å². The fraction of sp³-hybridized carbons (Fsp3) is 0.467. The molecule has 2 aromatic carbocycles. The minimum atomic E-state index is -0.644. The number of ketones is 4. The number of aliphatic hydroxyl groups excluding tert-OH is 1. The van der Waals surface area contributed by atoms with E-state index in [1.54, 1.807) is 13.8 Å². The zero-order valence-electron chi connectivity index (χ0n) is 23.8. The highest BCUT2D eigenvalue weighted by atomic mass is 16.5. The standard InChI is InChI=1S/C16H16O2.C6H10O3.C4H8O.2C2H6/c1-3-18-16-10-8-15(9-11-16)14-6-4-13(5-7-14)12(2)17;1-4(5(2)8)6(9)3-7;1-3-4(2)5;2*1-2/h4-11H,3H2,1-2H3;4,7H,3H2,1-2H3;3H2,1-2H3;2*1-2H3. The minimum absolute atomic E-state index is 0.0910. The largest absolute Gasteiger partial charge is 0.494 e. The van der Waals surface area contributed by atoms with Crippen LogP contribution in [0.2, 0.25) is 0 Å². The molecular formula is C30H46O6. The normalized spacial score (nSPS) is 9.64. The monoisotopic (exact) mass is 502 g/mol. The maximum absolute atomic E-state index is 11.2. The van der Waals surface area contributed by atoms with Crippen LogP contribution >= 0.6 is 0 Å². The fourth-order valence-corrected chi connectivity index (χ4v) is 2.17. The molecule has 2 rings (SSSR count). The lowest BCUT2D eigenvalue weighted by Crippen LogP contribution is -2.21. The van der Waals surface area contributed by atoms with E-state index in [4.69, 9.17) is 9.84 Å². The molecule has 0 saturated carbocycles. The third-order valence-corrected chi connectivity index (χ3v) is 4.54. The van der Waals surface area contributed by atoms with E-state index in [2.05, 4.69) is 0 Å². The first-order chi connectivity index (χ1) is 17.1. The summed E-state index contributed by atoms with van der Waals surface area (Å²) < 4.78 is 5.40. The molecule has 0 aliphatic rings. The van der Waals surface area contributed by atoms with Gasteiger partial charge in [-0.05, 0) is 57.9 Å². The van der Waals surface area contributed by atoms with Crippen molar-refractivity contribution in [1.82, 2.24) is 0 Å². The molecule has 0 aromatic heterocycles. The predicted octanol–water partition coefficient (Wildman–Crippen LogP) is 6.77. The van der Waals surface area contributed by atoms with Gasteiger partial charge in [0.25, 0.3) is 0 Å². The maximum atomic E-state index is 11.2. The summed E-state index contributed by atoms with van der Waals surface area (Å²) in [6.07, 6.45) is 0.667. The molecule has 2 aromatic rings. The summed E-state index contributed by atoms with van der Waals surface area (Å²) in [5.41, 5.74) is 2.96. The first kappa shape index (κ1) is 37.4. The third kappa shape index (κ3) is 17.3. The number of aliphatic hydroxyl groups is 1. The molecule has 0 aliphatic carbocycles. The minimum Gasteiger partial charge on any atom is -0.494 e. The molecule has 0 amide bonds. The number of carbonyl (C=O) groups excluding carboxylic acids is 4. The average molecular weight is 503 g/mol. The van der Waals surface area contributed by atoms with Crippen LogP contribution in [0, 0.1) is 5.92 Å². The van der Waals surface area contributed by atoms with Gasteiger partial charge >= 0.3 is 0 Å². The van der Waals surface area contributed by atoms with Crippen LogP contribution in [-0.2, 0) is 14.4 Å². The average Bonchev–Trinajstić information content (AvgIpc) is 2.91. The van der Waals surface area contributed by atoms with E-state index >= 15 is 0 Å². The van der Waals surface area contributed by atoms with Crippen LogP contribution in [-0.4, -0.2) is 41.5 Å². The smallest absolute Gasteiger partial charge is 0.168 e. The number of ether oxygens (including phenoxy) is 1. The second-order valence-electron chi connectivity index (χ2n) is 7.10. The van der Waals surface area contributed by atoms with Crippen molar-refractivity contribution in [2.24, 2.45) is 5.92 Å². The predicted molar refractivity (Wildman–Crippen MR) is 149 cm³/mol. The van der Waals surface area contributed by atoms with Crippen molar-refractivity contribution in [3.05, 3.63) is 54.1 Å². The number of Topliss-reactive ketones (excluding diaryl/α,β-unsaturated/α-hetero) is 4. The second-order valence-corrected chi connectivity index (χ2v) is 7.10. The Morgan fingerprint density at radius 1 is 0.778 bits per heavy atom. The Bertz CT molecular complexity index is 867. The van der Waals surface area contributed by atoms with E-state index in [0.717, 1.165) is 22.4 Å². The van der Waals surface area contributed by atoms with Gasteiger partial charge in [0.2, 0.25) is 0 Å². The van der Waals surface area contributed by atoms with Crippen LogP contribution in [0.1, 0.15) is 86.0 Å². The molecule has 202 valence electrons. The molecule has 36 heavy (non-hydrogen) atoms. The Kier molecular flexibility index (Phi) is 24.6. The molecule has 1 atom stereocenters. The van der Waals surface area contributed by atoms with Crippen LogP contribution < -0.4 is 4.74 Å². The molecule has 0 bridgehead atoms. The molecule has 1 N–H and O–H groups in total. The summed E-state index contributed by atoms with van der Waals surface area (Å²) in [6, 6.07) is 15.6. The number of benzene rings is 2. The maximum Gasteiger partial charge on any atom is 0.168 e. The number of hydrogen-bond acceptors (Lipinski definition) is 6. The van der Waals surface area contributed by atoms with Gasteiger partial charge in [-0.15, -0.1) is 0 Å². The second kappa shape index (κ2) is 23.6. The van der Waals surface area contributed by atoms with Crippen LogP contribution in [0.4, 0.5) is 0 Å². The Labute approximate surface area is 218 Å². The van der Waals surface area contributed by atoms with E-state index in [0.29, 0.717) is 13.0 Å². The molecule has 0 heterocycles. The van der Waals surface area contributed by atoms with Crippen molar-refractivity contribution in [2.75, 3.05) is 13.2 Å². The van der Waals surface area contributed by atoms with Crippen molar-refractivity contribution in [3.63, 3.8) is 0 Å². The van der Waals surface area contributed by atoms with Gasteiger partial charge in [0.15, 0.2) is 11.6 Å². The van der Waals surface area contributed by atoms with Gasteiger partial charge in [-0.2, -0.15) is 0 Å². The zero-order valence-corrected chi connectivity index (χ0v) is 23.8. The molecular weight excluding hydrogens is 456 g/mol. The number of carbonyl (C=O) groups is 4. The molecule has 0 aliphatic heterocycles. The lowest BCUT2D eigenvalue weighted by molar-refractivity contribution is -0.132. The quantitative estimate of drug-likeness (QED) is 0.316. The van der Waals surface area contributed by atoms with E-state index in [1.807, 2.05) is 90.1 Å². The summed E-state index contributed by atoms with van der Waals surface area (Å²) in [5.74, 6) is -0.0357. The van der Waals surface area contributed by atoms with Gasteiger partial charge in [-0.25, -0.2) is 0 Å². The SMILES string of the molecule is CC.CC.CC(=O)C(C)C(=O)CO.CCC(C)=O.CCOc1ccc(-c2ccc(C(C)=O)cc2)cc1. The summed E-state index contributed by atoms with van der Waals surface area (Å²) in [4.78, 5) is 41.9. The van der Waals surface area contributed by atoms with E-state index in [-0.39, 0.29) is 17.3 Å². The van der Waals surface area contributed by atoms with Crippen molar-refractivity contribution < 1.29 is 29.0 Å². The first-order valence-corrected chi connectivity index (χ1v) is 12.5. The lowest BCUT2D eigenvalue weighted by Gasteiger charge is -2.05. The first-order valence-electron chi connectivity index (χ1n) is 12.5. The Hall–Kier alpha value is -3.12. The zero-order chi connectivity index (χ0) is 28.7. The topological polar surface area (TPSA) is 97.7 Å². The molecule has 0 radical (unpaired) electrons. The molecule has 0 spiro atoms. The lowest BCUT2D eigenvalue weighted by atomic mass is 10.0. The third-order valence-electron chi connectivity index (χ3n) is 4.54. The van der Waals surface area contributed by atoms with E-state index in [9.17, 15) is 19.2 Å². The molecule has 6 nitrogen and oxygen atoms in total. The number of rotatable bonds is 8. The van der Waals surface area contributed by atoms with Crippen molar-refractivity contribution in [1.29, 1.82) is 0 Å². The van der Waals surface area contributed by atoms with Crippen molar-refractivity contribution >= 4 is 23.1 Å². The molecule has 0 fully saturated rings. The van der Waals surface area contributed by atoms with Gasteiger partial charge < -0.3 is 14.6 Å². The van der Waals surface area contributed by atoms with Crippen LogP contribution in [0.15, 0.2) is 48.5 Å². The molecule has 0 saturated heterocycles. The van der Waals surface area contributed by atoms with Crippen LogP contribution in [0.25, 0.3) is 11.1 Å². The Morgan fingerprint density at radius 2 is 1.17 bits per heavy atom. The fourth-order valence-electron chi connectivity index (χ4n) is 2.17. The van der Waals surface area contributed by atoms with Gasteiger partial charge in [-0.1, -0.05) is 71.0 Å². The summed E-state index contributed by atoms with van der Waals surface area (Å²) in [7, 11) is 0. The van der Waals surface area contributed by atoms with Crippen LogP contribution in [0.3, 0.4) is 0 Å². The Balaban J connectivity index is -0.000000508. The summed E-state index contributed by atoms with van der Waals surface area (Å²) >= 11 is 0. The van der Waals surface area contributed by atoms with Gasteiger partial charge in [0.1, 0.15) is 23.9 Å².